The molecule has 0 heterocycles. The van der Waals surface area contributed by atoms with Crippen molar-refractivity contribution in [3.8, 4) is 0 Å². The monoisotopic (exact) mass is 285 g/mol. The summed E-state index contributed by atoms with van der Waals surface area (Å²) >= 11 is 0. The second kappa shape index (κ2) is 8.88. The maximum Gasteiger partial charge on any atom is 0.0748 e. The normalized spacial score (nSPS) is 7.40. The van der Waals surface area contributed by atoms with Gasteiger partial charge in [-0.25, -0.2) is 0 Å². The summed E-state index contributed by atoms with van der Waals surface area (Å²) in [6.07, 6.45) is 2.56. The van der Waals surface area contributed by atoms with E-state index in [1.165, 1.54) is 0 Å². The van der Waals surface area contributed by atoms with E-state index in [0.29, 0.717) is 0 Å². The molecule has 0 aliphatic heterocycles. The zero-order valence-corrected chi connectivity index (χ0v) is 7.92. The van der Waals surface area contributed by atoms with Crippen molar-refractivity contribution in [3.05, 3.63) is 12.3 Å². The molecule has 0 bridgehead atoms. The molecule has 27 valence electrons. The van der Waals surface area contributed by atoms with Gasteiger partial charge in [-0.05, 0) is 6.92 Å². The maximum atomic E-state index is 7.69. The van der Waals surface area contributed by atoms with Crippen LogP contribution in [0.2, 0.25) is 0 Å². The molecule has 0 aliphatic carbocycles. The summed E-state index contributed by atoms with van der Waals surface area (Å²) < 4.78 is 0. The molecule has 0 spiro atoms. The topological polar surface area (TPSA) is 20.2 Å². The molecule has 0 amide bonds. The van der Waals surface area contributed by atoms with Gasteiger partial charge in [-0.1, -0.05) is 6.08 Å². The van der Waals surface area contributed by atoms with Gasteiger partial charge < -0.3 is 5.11 Å². The van der Waals surface area contributed by atoms with Crippen molar-refractivity contribution in [1.29, 1.82) is 0 Å². The zero-order chi connectivity index (χ0) is 3.41. The van der Waals surface area contributed by atoms with E-state index in [-0.39, 0.29) is 44.1 Å². The number of hydrogen-bond acceptors (Lipinski definition) is 1. The third kappa shape index (κ3) is 11.3. The minimum Gasteiger partial charge on any atom is -0.516 e. The minimum atomic E-state index is 0. The van der Waals surface area contributed by atoms with Crippen LogP contribution in [-0.4, -0.2) is 5.11 Å². The van der Waals surface area contributed by atoms with Crippen molar-refractivity contribution in [2.45, 2.75) is 6.92 Å². The summed E-state index contributed by atoms with van der Waals surface area (Å²) in [6, 6.07) is 0. The van der Waals surface area contributed by atoms with E-state index in [1.807, 2.05) is 0 Å². The minimum absolute atomic E-state index is 0. The molecule has 0 aromatic heterocycles. The van der Waals surface area contributed by atoms with Crippen molar-refractivity contribution in [1.82, 2.24) is 0 Å². The van der Waals surface area contributed by atoms with Crippen molar-refractivity contribution < 1.29 is 49.2 Å². The van der Waals surface area contributed by atoms with E-state index in [0.717, 1.165) is 6.26 Å². The van der Waals surface area contributed by atoms with Crippen LogP contribution in [0.5, 0.6) is 0 Å². The van der Waals surface area contributed by atoms with Gasteiger partial charge in [0.1, 0.15) is 0 Å². The molecular weight excluding hydrogens is 279 g/mol. The van der Waals surface area contributed by atoms with Gasteiger partial charge in [0.25, 0.3) is 0 Å². The summed E-state index contributed by atoms with van der Waals surface area (Å²) in [5, 5.41) is 7.69. The number of allylic oxidation sites excluding steroid dienone is 1. The first-order valence-electron chi connectivity index (χ1n) is 1.17. The molecule has 0 atom stereocenters. The van der Waals surface area contributed by atoms with Crippen LogP contribution in [0.3, 0.4) is 0 Å². The molecule has 0 saturated heterocycles. The van der Waals surface area contributed by atoms with Crippen LogP contribution in [0.25, 0.3) is 0 Å². The Morgan fingerprint density at radius 1 is 1.60 bits per heavy atom. The SMILES string of the molecule is C/C=C\O.[Ac]. The van der Waals surface area contributed by atoms with Gasteiger partial charge in [0.05, 0.1) is 6.26 Å². The fourth-order valence-electron chi connectivity index (χ4n) is 0. The first kappa shape index (κ1) is 9.36. The average Bonchev–Trinajstić information content (AvgIpc) is 1.37. The van der Waals surface area contributed by atoms with E-state index in [2.05, 4.69) is 0 Å². The van der Waals surface area contributed by atoms with E-state index in [1.54, 1.807) is 13.0 Å². The standard InChI is InChI=1S/C3H6O.Ac/c1-2-3-4;/h2-4H,1H3;/b3-2-;. The smallest absolute Gasteiger partial charge is 0.0748 e. The van der Waals surface area contributed by atoms with Crippen LogP contribution < -0.4 is 0 Å². The largest absolute Gasteiger partial charge is 0.516 e. The first-order chi connectivity index (χ1) is 1.91. The van der Waals surface area contributed by atoms with Gasteiger partial charge >= 0.3 is 0 Å². The van der Waals surface area contributed by atoms with E-state index >= 15 is 0 Å². The molecule has 0 unspecified atom stereocenters. The molecule has 0 fully saturated rings. The van der Waals surface area contributed by atoms with Crippen LogP contribution in [0.1, 0.15) is 6.92 Å². The van der Waals surface area contributed by atoms with Crippen LogP contribution in [0, 0.1) is 44.1 Å². The Kier molecular flexibility index (Phi) is 16.6. The molecule has 1 N–H and O–H groups in total. The summed E-state index contributed by atoms with van der Waals surface area (Å²) in [6.45, 7) is 1.75. The van der Waals surface area contributed by atoms with Crippen molar-refractivity contribution >= 4 is 0 Å². The van der Waals surface area contributed by atoms with Gasteiger partial charge in [0.2, 0.25) is 0 Å². The fourth-order valence-corrected chi connectivity index (χ4v) is 0. The molecule has 0 aromatic rings. The Morgan fingerprint density at radius 2 is 1.80 bits per heavy atom. The van der Waals surface area contributed by atoms with Gasteiger partial charge in [-0.2, -0.15) is 0 Å². The van der Waals surface area contributed by atoms with E-state index < -0.39 is 0 Å². The van der Waals surface area contributed by atoms with Crippen molar-refractivity contribution in [2.75, 3.05) is 0 Å². The molecule has 1 nitrogen and oxygen atoms in total. The third-order valence-electron chi connectivity index (χ3n) is 0.149. The zero-order valence-electron chi connectivity index (χ0n) is 3.18. The van der Waals surface area contributed by atoms with Crippen molar-refractivity contribution in [3.63, 3.8) is 0 Å². The molecular formula is C3H6AcO. The van der Waals surface area contributed by atoms with Gasteiger partial charge in [0, 0.05) is 44.1 Å². The fraction of sp³-hybridized carbons (Fsp3) is 0.333. The summed E-state index contributed by atoms with van der Waals surface area (Å²) in [5.74, 6) is 0. The molecule has 1 radical (unpaired) electrons. The van der Waals surface area contributed by atoms with Crippen LogP contribution in [0.15, 0.2) is 12.3 Å². The molecule has 0 aromatic carbocycles. The Balaban J connectivity index is 0. The molecule has 0 saturated carbocycles. The predicted octanol–water partition coefficient (Wildman–Crippen LogP) is 1.08. The van der Waals surface area contributed by atoms with Crippen molar-refractivity contribution in [2.24, 2.45) is 0 Å². The van der Waals surface area contributed by atoms with Gasteiger partial charge in [-0.15, -0.1) is 0 Å². The quantitative estimate of drug-likeness (QED) is 0.660. The Labute approximate surface area is 67.6 Å². The van der Waals surface area contributed by atoms with Crippen LogP contribution in [0.4, 0.5) is 0 Å². The number of aliphatic hydroxyl groups excluding tert-OH is 1. The summed E-state index contributed by atoms with van der Waals surface area (Å²) in [5.41, 5.74) is 0. The summed E-state index contributed by atoms with van der Waals surface area (Å²) in [4.78, 5) is 0. The van der Waals surface area contributed by atoms with Gasteiger partial charge in [0.15, 0.2) is 0 Å². The molecule has 5 heavy (non-hydrogen) atoms. The number of aliphatic hydroxyl groups is 1. The maximum absolute atomic E-state index is 7.69. The summed E-state index contributed by atoms with van der Waals surface area (Å²) in [7, 11) is 0. The van der Waals surface area contributed by atoms with Crippen LogP contribution >= 0.6 is 0 Å². The van der Waals surface area contributed by atoms with E-state index in [9.17, 15) is 0 Å². The van der Waals surface area contributed by atoms with E-state index in [4.69, 9.17) is 5.11 Å². The van der Waals surface area contributed by atoms with Gasteiger partial charge in [-0.3, -0.25) is 0 Å². The Hall–Kier alpha value is 0.982. The molecule has 0 rings (SSSR count). The van der Waals surface area contributed by atoms with Crippen LogP contribution in [-0.2, 0) is 0 Å². The molecule has 2 heteroatoms. The second-order valence-corrected chi connectivity index (χ2v) is 0.482. The average molecular weight is 285 g/mol. The first-order valence-corrected chi connectivity index (χ1v) is 1.17. The number of rotatable bonds is 0. The predicted molar refractivity (Wildman–Crippen MR) is 17.4 cm³/mol. The molecule has 0 aliphatic rings. The third-order valence-corrected chi connectivity index (χ3v) is 0.149. The second-order valence-electron chi connectivity index (χ2n) is 0.482. The Bertz CT molecular complexity index is 22.1. The number of hydrogen-bond donors (Lipinski definition) is 1. The Morgan fingerprint density at radius 3 is 1.80 bits per heavy atom.